The van der Waals surface area contributed by atoms with E-state index in [1.54, 1.807) is 7.11 Å². The number of hydrogen-bond acceptors (Lipinski definition) is 3. The van der Waals surface area contributed by atoms with Crippen LogP contribution in [0.5, 0.6) is 5.88 Å². The Morgan fingerprint density at radius 1 is 1.35 bits per heavy atom. The molecule has 3 nitrogen and oxygen atoms in total. The average molecular weight is 236 g/mol. The maximum atomic E-state index is 5.23. The van der Waals surface area contributed by atoms with Gasteiger partial charge in [0.1, 0.15) is 0 Å². The topological polar surface area (TPSA) is 34.1 Å². The first kappa shape index (κ1) is 14.0. The van der Waals surface area contributed by atoms with Crippen LogP contribution in [0.1, 0.15) is 38.4 Å². The maximum absolute atomic E-state index is 5.23. The molecule has 0 aliphatic heterocycles. The largest absolute Gasteiger partial charge is 0.481 e. The SMILES string of the molecule is CCCc1cc(CNCC(C)C)cc(OC)n1. The van der Waals surface area contributed by atoms with E-state index in [1.807, 2.05) is 6.07 Å². The Kier molecular flexibility index (Phi) is 5.98. The van der Waals surface area contributed by atoms with E-state index in [1.165, 1.54) is 5.56 Å². The second kappa shape index (κ2) is 7.28. The lowest BCUT2D eigenvalue weighted by molar-refractivity contribution is 0.395. The van der Waals surface area contributed by atoms with Gasteiger partial charge in [-0.15, -0.1) is 0 Å². The van der Waals surface area contributed by atoms with Crippen molar-refractivity contribution in [1.82, 2.24) is 10.3 Å². The van der Waals surface area contributed by atoms with Crippen molar-refractivity contribution in [3.63, 3.8) is 0 Å². The van der Waals surface area contributed by atoms with E-state index >= 15 is 0 Å². The van der Waals surface area contributed by atoms with Gasteiger partial charge in [-0.05, 0) is 30.5 Å². The smallest absolute Gasteiger partial charge is 0.213 e. The fraction of sp³-hybridized carbons (Fsp3) is 0.643. The third kappa shape index (κ3) is 5.18. The molecule has 0 bridgehead atoms. The third-order valence-electron chi connectivity index (χ3n) is 2.51. The molecule has 0 saturated carbocycles. The van der Waals surface area contributed by atoms with Crippen molar-refractivity contribution in [2.75, 3.05) is 13.7 Å². The van der Waals surface area contributed by atoms with E-state index in [9.17, 15) is 0 Å². The first-order chi connectivity index (χ1) is 8.15. The first-order valence-electron chi connectivity index (χ1n) is 6.40. The fourth-order valence-corrected chi connectivity index (χ4v) is 1.72. The van der Waals surface area contributed by atoms with Gasteiger partial charge in [-0.1, -0.05) is 27.2 Å². The molecule has 0 aliphatic rings. The van der Waals surface area contributed by atoms with Crippen molar-refractivity contribution in [2.24, 2.45) is 5.92 Å². The van der Waals surface area contributed by atoms with Crippen molar-refractivity contribution < 1.29 is 4.74 Å². The molecule has 1 rings (SSSR count). The Balaban J connectivity index is 2.66. The lowest BCUT2D eigenvalue weighted by atomic mass is 10.1. The highest BCUT2D eigenvalue weighted by atomic mass is 16.5. The van der Waals surface area contributed by atoms with Gasteiger partial charge in [0.15, 0.2) is 0 Å². The molecule has 1 aromatic rings. The third-order valence-corrected chi connectivity index (χ3v) is 2.51. The van der Waals surface area contributed by atoms with Crippen LogP contribution in [0.3, 0.4) is 0 Å². The number of hydrogen-bond donors (Lipinski definition) is 1. The zero-order valence-corrected chi connectivity index (χ0v) is 11.4. The van der Waals surface area contributed by atoms with Gasteiger partial charge in [-0.25, -0.2) is 4.98 Å². The molecule has 0 unspecified atom stereocenters. The number of methoxy groups -OCH3 is 1. The quantitative estimate of drug-likeness (QED) is 0.790. The molecule has 0 fully saturated rings. The minimum Gasteiger partial charge on any atom is -0.481 e. The molecule has 96 valence electrons. The minimum absolute atomic E-state index is 0.675. The van der Waals surface area contributed by atoms with Crippen molar-refractivity contribution in [3.05, 3.63) is 23.4 Å². The minimum atomic E-state index is 0.675. The molecule has 1 N–H and O–H groups in total. The summed E-state index contributed by atoms with van der Waals surface area (Å²) in [4.78, 5) is 4.43. The highest BCUT2D eigenvalue weighted by Crippen LogP contribution is 2.13. The summed E-state index contributed by atoms with van der Waals surface area (Å²) in [6.07, 6.45) is 2.12. The molecule has 0 radical (unpaired) electrons. The van der Waals surface area contributed by atoms with Crippen LogP contribution < -0.4 is 10.1 Å². The molecule has 0 aliphatic carbocycles. The van der Waals surface area contributed by atoms with Crippen LogP contribution in [0.4, 0.5) is 0 Å². The molecule has 1 heterocycles. The van der Waals surface area contributed by atoms with Gasteiger partial charge in [0.25, 0.3) is 0 Å². The Labute approximate surface area is 105 Å². The van der Waals surface area contributed by atoms with Crippen LogP contribution >= 0.6 is 0 Å². The van der Waals surface area contributed by atoms with Crippen LogP contribution in [0.25, 0.3) is 0 Å². The number of ether oxygens (including phenoxy) is 1. The number of nitrogens with zero attached hydrogens (tertiary/aromatic N) is 1. The lowest BCUT2D eigenvalue weighted by Gasteiger charge is -2.10. The van der Waals surface area contributed by atoms with Gasteiger partial charge >= 0.3 is 0 Å². The molecule has 0 aromatic carbocycles. The number of rotatable bonds is 7. The molecule has 0 spiro atoms. The number of aromatic nitrogens is 1. The molecule has 0 saturated heterocycles. The summed E-state index contributed by atoms with van der Waals surface area (Å²) in [5.41, 5.74) is 2.37. The Morgan fingerprint density at radius 2 is 2.12 bits per heavy atom. The summed E-state index contributed by atoms with van der Waals surface area (Å²) in [5.74, 6) is 1.39. The Hall–Kier alpha value is -1.09. The van der Waals surface area contributed by atoms with Gasteiger partial charge in [-0.3, -0.25) is 0 Å². The van der Waals surface area contributed by atoms with Crippen LogP contribution in [0, 0.1) is 5.92 Å². The summed E-state index contributed by atoms with van der Waals surface area (Å²) >= 11 is 0. The van der Waals surface area contributed by atoms with Gasteiger partial charge in [0, 0.05) is 18.3 Å². The first-order valence-corrected chi connectivity index (χ1v) is 6.40. The van der Waals surface area contributed by atoms with E-state index < -0.39 is 0 Å². The summed E-state index contributed by atoms with van der Waals surface area (Å²) < 4.78 is 5.23. The van der Waals surface area contributed by atoms with Crippen molar-refractivity contribution in [1.29, 1.82) is 0 Å². The number of nitrogens with one attached hydrogen (secondary N) is 1. The zero-order valence-electron chi connectivity index (χ0n) is 11.4. The van der Waals surface area contributed by atoms with E-state index in [0.717, 1.165) is 37.5 Å². The molecule has 0 amide bonds. The second-order valence-electron chi connectivity index (χ2n) is 4.78. The fourth-order valence-electron chi connectivity index (χ4n) is 1.72. The van der Waals surface area contributed by atoms with Gasteiger partial charge < -0.3 is 10.1 Å². The summed E-state index contributed by atoms with van der Waals surface area (Å²) in [6.45, 7) is 8.50. The predicted octanol–water partition coefficient (Wildman–Crippen LogP) is 2.79. The second-order valence-corrected chi connectivity index (χ2v) is 4.78. The van der Waals surface area contributed by atoms with Crippen molar-refractivity contribution >= 4 is 0 Å². The van der Waals surface area contributed by atoms with Crippen LogP contribution in [-0.4, -0.2) is 18.6 Å². The van der Waals surface area contributed by atoms with Gasteiger partial charge in [0.05, 0.1) is 7.11 Å². The lowest BCUT2D eigenvalue weighted by Crippen LogP contribution is -2.19. The van der Waals surface area contributed by atoms with E-state index in [2.05, 4.69) is 37.1 Å². The number of pyridine rings is 1. The van der Waals surface area contributed by atoms with Crippen molar-refractivity contribution in [2.45, 2.75) is 40.2 Å². The molecule has 3 heteroatoms. The summed E-state index contributed by atoms with van der Waals surface area (Å²) in [7, 11) is 1.67. The Bertz CT molecular complexity index is 337. The van der Waals surface area contributed by atoms with Crippen LogP contribution in [-0.2, 0) is 13.0 Å². The highest BCUT2D eigenvalue weighted by molar-refractivity contribution is 5.25. The molecular formula is C14H24N2O. The van der Waals surface area contributed by atoms with E-state index in [0.29, 0.717) is 5.92 Å². The molecular weight excluding hydrogens is 212 g/mol. The van der Waals surface area contributed by atoms with E-state index in [-0.39, 0.29) is 0 Å². The number of aryl methyl sites for hydroxylation is 1. The molecule has 0 atom stereocenters. The standard InChI is InChI=1S/C14H24N2O/c1-5-6-13-7-12(8-14(16-13)17-4)10-15-9-11(2)3/h7-8,11,15H,5-6,9-10H2,1-4H3. The molecule has 1 aromatic heterocycles. The van der Waals surface area contributed by atoms with Gasteiger partial charge in [-0.2, -0.15) is 0 Å². The average Bonchev–Trinajstić information content (AvgIpc) is 2.28. The van der Waals surface area contributed by atoms with Gasteiger partial charge in [0.2, 0.25) is 5.88 Å². The van der Waals surface area contributed by atoms with Crippen LogP contribution in [0.15, 0.2) is 12.1 Å². The van der Waals surface area contributed by atoms with Crippen LogP contribution in [0.2, 0.25) is 0 Å². The maximum Gasteiger partial charge on any atom is 0.213 e. The highest BCUT2D eigenvalue weighted by Gasteiger charge is 2.03. The monoisotopic (exact) mass is 236 g/mol. The molecule has 17 heavy (non-hydrogen) atoms. The van der Waals surface area contributed by atoms with Crippen molar-refractivity contribution in [3.8, 4) is 5.88 Å². The normalized spacial score (nSPS) is 10.9. The van der Waals surface area contributed by atoms with E-state index in [4.69, 9.17) is 4.74 Å². The summed E-state index contributed by atoms with van der Waals surface area (Å²) in [6, 6.07) is 4.17. The summed E-state index contributed by atoms with van der Waals surface area (Å²) in [5, 5.41) is 3.44. The zero-order chi connectivity index (χ0) is 12.7. The Morgan fingerprint density at radius 3 is 2.71 bits per heavy atom. The predicted molar refractivity (Wildman–Crippen MR) is 71.3 cm³/mol.